The van der Waals surface area contributed by atoms with Crippen LogP contribution in [0, 0.1) is 5.82 Å². The number of hydrogen-bond donors (Lipinski definition) is 2. The molecule has 0 spiro atoms. The lowest BCUT2D eigenvalue weighted by molar-refractivity contribution is -0.121. The highest BCUT2D eigenvalue weighted by Crippen LogP contribution is 2.29. The molecule has 1 aliphatic rings. The SMILES string of the molecule is CC(N)C(=O)C1N=C(c2cccc(F)c2)c2ccccc2N(C)C1N. The zero-order valence-corrected chi connectivity index (χ0v) is 14.2. The van der Waals surface area contributed by atoms with E-state index in [1.165, 1.54) is 12.1 Å². The van der Waals surface area contributed by atoms with Crippen molar-refractivity contribution in [1.29, 1.82) is 0 Å². The van der Waals surface area contributed by atoms with Crippen molar-refractivity contribution in [2.45, 2.75) is 25.2 Å². The zero-order valence-electron chi connectivity index (χ0n) is 14.2. The Morgan fingerprint density at radius 1 is 1.24 bits per heavy atom. The van der Waals surface area contributed by atoms with Gasteiger partial charge in [-0.2, -0.15) is 0 Å². The first kappa shape index (κ1) is 17.3. The number of likely N-dealkylation sites (N-methyl/N-ethyl adjacent to an activating group) is 1. The summed E-state index contributed by atoms with van der Waals surface area (Å²) in [6.45, 7) is 1.62. The van der Waals surface area contributed by atoms with E-state index in [-0.39, 0.29) is 11.6 Å². The van der Waals surface area contributed by atoms with E-state index in [1.807, 2.05) is 36.2 Å². The normalized spacial score (nSPS) is 21.2. The van der Waals surface area contributed by atoms with Crippen molar-refractivity contribution in [2.75, 3.05) is 11.9 Å². The molecule has 0 fully saturated rings. The Morgan fingerprint density at radius 2 is 1.96 bits per heavy atom. The Hall–Kier alpha value is -2.57. The van der Waals surface area contributed by atoms with E-state index in [1.54, 1.807) is 19.1 Å². The topological polar surface area (TPSA) is 84.7 Å². The van der Waals surface area contributed by atoms with Gasteiger partial charge in [-0.1, -0.05) is 30.3 Å². The lowest BCUT2D eigenvalue weighted by Crippen LogP contribution is -2.53. The van der Waals surface area contributed by atoms with Crippen LogP contribution in [-0.2, 0) is 4.79 Å². The summed E-state index contributed by atoms with van der Waals surface area (Å²) in [6.07, 6.45) is -0.661. The number of para-hydroxylation sites is 1. The number of ketones is 1. The van der Waals surface area contributed by atoms with Gasteiger partial charge in [0.1, 0.15) is 18.0 Å². The van der Waals surface area contributed by atoms with Crippen molar-refractivity contribution in [3.05, 3.63) is 65.5 Å². The third-order valence-electron chi connectivity index (χ3n) is 4.42. The van der Waals surface area contributed by atoms with E-state index < -0.39 is 18.2 Å². The molecule has 130 valence electrons. The molecule has 0 aliphatic carbocycles. The maximum atomic E-state index is 13.8. The molecule has 5 nitrogen and oxygen atoms in total. The molecule has 0 amide bonds. The molecular formula is C19H21FN4O. The zero-order chi connectivity index (χ0) is 18.1. The van der Waals surface area contributed by atoms with Gasteiger partial charge >= 0.3 is 0 Å². The molecule has 0 radical (unpaired) electrons. The number of nitrogens with zero attached hydrogens (tertiary/aromatic N) is 2. The monoisotopic (exact) mass is 340 g/mol. The van der Waals surface area contributed by atoms with E-state index in [2.05, 4.69) is 4.99 Å². The van der Waals surface area contributed by atoms with Crippen molar-refractivity contribution >= 4 is 17.2 Å². The first-order valence-electron chi connectivity index (χ1n) is 8.11. The fourth-order valence-corrected chi connectivity index (χ4v) is 3.01. The van der Waals surface area contributed by atoms with Crippen molar-refractivity contribution in [2.24, 2.45) is 16.5 Å². The second-order valence-corrected chi connectivity index (χ2v) is 6.24. The summed E-state index contributed by atoms with van der Waals surface area (Å²) in [5.74, 6) is -0.615. The standard InChI is InChI=1S/C19H21FN4O/c1-11(21)18(25)17-19(22)24(2)15-9-4-3-8-14(15)16(23-17)12-6-5-7-13(20)10-12/h3-11,17,19H,21-22H2,1-2H3. The second-order valence-electron chi connectivity index (χ2n) is 6.24. The molecule has 2 aromatic carbocycles. The number of aliphatic imine (C=N–C) groups is 1. The number of benzene rings is 2. The molecule has 2 aromatic rings. The van der Waals surface area contributed by atoms with Crippen LogP contribution >= 0.6 is 0 Å². The average Bonchev–Trinajstić information content (AvgIpc) is 2.71. The van der Waals surface area contributed by atoms with Crippen LogP contribution < -0.4 is 16.4 Å². The minimum absolute atomic E-state index is 0.249. The summed E-state index contributed by atoms with van der Waals surface area (Å²) >= 11 is 0. The first-order chi connectivity index (χ1) is 11.9. The number of fused-ring (bicyclic) bond motifs is 1. The summed E-state index contributed by atoms with van der Waals surface area (Å²) in [5.41, 5.74) is 14.9. The Labute approximate surface area is 146 Å². The average molecular weight is 340 g/mol. The van der Waals surface area contributed by atoms with Gasteiger partial charge in [-0.05, 0) is 25.1 Å². The van der Waals surface area contributed by atoms with Gasteiger partial charge in [0.15, 0.2) is 5.78 Å². The largest absolute Gasteiger partial charge is 0.356 e. The van der Waals surface area contributed by atoms with Gasteiger partial charge in [0.25, 0.3) is 0 Å². The summed E-state index contributed by atoms with van der Waals surface area (Å²) < 4.78 is 13.8. The quantitative estimate of drug-likeness (QED) is 0.890. The summed E-state index contributed by atoms with van der Waals surface area (Å²) in [6, 6.07) is 12.2. The van der Waals surface area contributed by atoms with Crippen molar-refractivity contribution in [3.63, 3.8) is 0 Å². The lowest BCUT2D eigenvalue weighted by atomic mass is 10.00. The molecular weight excluding hydrogens is 319 g/mol. The number of halogens is 1. The van der Waals surface area contributed by atoms with Crippen LogP contribution in [0.3, 0.4) is 0 Å². The third-order valence-corrected chi connectivity index (χ3v) is 4.42. The number of anilines is 1. The predicted octanol–water partition coefficient (Wildman–Crippen LogP) is 1.68. The maximum Gasteiger partial charge on any atom is 0.177 e. The fraction of sp³-hybridized carbons (Fsp3) is 0.263. The lowest BCUT2D eigenvalue weighted by Gasteiger charge is -2.29. The molecule has 25 heavy (non-hydrogen) atoms. The highest BCUT2D eigenvalue weighted by atomic mass is 19.1. The number of carbonyl (C=O) groups is 1. The minimum atomic E-state index is -0.837. The number of benzodiazepines with no additional fused rings is 1. The van der Waals surface area contributed by atoms with Gasteiger partial charge < -0.3 is 16.4 Å². The number of rotatable bonds is 3. The van der Waals surface area contributed by atoms with Crippen molar-refractivity contribution in [3.8, 4) is 0 Å². The molecule has 3 unspecified atom stereocenters. The van der Waals surface area contributed by atoms with Crippen LogP contribution in [-0.4, -0.2) is 36.8 Å². The van der Waals surface area contributed by atoms with Crippen LogP contribution in [0.1, 0.15) is 18.1 Å². The van der Waals surface area contributed by atoms with Crippen LogP contribution in [0.25, 0.3) is 0 Å². The molecule has 4 N–H and O–H groups in total. The smallest absolute Gasteiger partial charge is 0.177 e. The third kappa shape index (κ3) is 3.18. The van der Waals surface area contributed by atoms with E-state index in [4.69, 9.17) is 11.5 Å². The Morgan fingerprint density at radius 3 is 2.64 bits per heavy atom. The Kier molecular flexibility index (Phi) is 4.65. The summed E-state index contributed by atoms with van der Waals surface area (Å²) in [7, 11) is 1.81. The van der Waals surface area contributed by atoms with E-state index in [0.29, 0.717) is 11.3 Å². The van der Waals surface area contributed by atoms with Crippen molar-refractivity contribution < 1.29 is 9.18 Å². The molecule has 0 bridgehead atoms. The van der Waals surface area contributed by atoms with E-state index >= 15 is 0 Å². The summed E-state index contributed by atoms with van der Waals surface area (Å²) in [5, 5.41) is 0. The molecule has 1 heterocycles. The minimum Gasteiger partial charge on any atom is -0.356 e. The summed E-state index contributed by atoms with van der Waals surface area (Å²) in [4.78, 5) is 19.0. The van der Waals surface area contributed by atoms with Crippen LogP contribution in [0.5, 0.6) is 0 Å². The van der Waals surface area contributed by atoms with Gasteiger partial charge in [0.05, 0.1) is 11.8 Å². The second kappa shape index (κ2) is 6.74. The molecule has 3 rings (SSSR count). The van der Waals surface area contributed by atoms with Gasteiger partial charge in [-0.3, -0.25) is 9.79 Å². The van der Waals surface area contributed by atoms with Crippen LogP contribution in [0.2, 0.25) is 0 Å². The molecule has 0 saturated carbocycles. The molecule has 0 saturated heterocycles. The molecule has 0 aromatic heterocycles. The molecule has 3 atom stereocenters. The fourth-order valence-electron chi connectivity index (χ4n) is 3.01. The number of hydrogen-bond acceptors (Lipinski definition) is 5. The molecule has 1 aliphatic heterocycles. The number of nitrogens with two attached hydrogens (primary N) is 2. The maximum absolute atomic E-state index is 13.8. The van der Waals surface area contributed by atoms with E-state index in [0.717, 1.165) is 11.3 Å². The van der Waals surface area contributed by atoms with Gasteiger partial charge in [-0.25, -0.2) is 4.39 Å². The van der Waals surface area contributed by atoms with Crippen LogP contribution in [0.15, 0.2) is 53.5 Å². The number of carbonyl (C=O) groups excluding carboxylic acids is 1. The van der Waals surface area contributed by atoms with Gasteiger partial charge in [0, 0.05) is 23.9 Å². The highest BCUT2D eigenvalue weighted by molar-refractivity contribution is 6.17. The van der Waals surface area contributed by atoms with Crippen molar-refractivity contribution in [1.82, 2.24) is 0 Å². The first-order valence-corrected chi connectivity index (χ1v) is 8.11. The molecule has 6 heteroatoms. The number of Topliss-reactive ketones (excluding diaryl/α,β-unsaturated/α-hetero) is 1. The predicted molar refractivity (Wildman–Crippen MR) is 97.3 cm³/mol. The van der Waals surface area contributed by atoms with Gasteiger partial charge in [0.2, 0.25) is 0 Å². The van der Waals surface area contributed by atoms with Crippen LogP contribution in [0.4, 0.5) is 10.1 Å². The van der Waals surface area contributed by atoms with E-state index in [9.17, 15) is 9.18 Å². The Bertz CT molecular complexity index is 834. The van der Waals surface area contributed by atoms with Gasteiger partial charge in [-0.15, -0.1) is 0 Å². The Balaban J connectivity index is 2.24. The highest BCUT2D eigenvalue weighted by Gasteiger charge is 2.34.